The molecule has 182 valence electrons. The molecule has 0 saturated carbocycles. The normalized spacial score (nSPS) is 13.1. The minimum Gasteiger partial charge on any atom is -0.452 e. The van der Waals surface area contributed by atoms with Crippen molar-refractivity contribution >= 4 is 45.5 Å². The number of rotatable bonds is 6. The molecule has 3 aromatic carbocycles. The van der Waals surface area contributed by atoms with Crippen LogP contribution in [0.2, 0.25) is 0 Å². The summed E-state index contributed by atoms with van der Waals surface area (Å²) in [6.45, 7) is 1.08. The molecule has 1 atom stereocenters. The molecular weight excluding hydrogens is 530 g/mol. The minimum absolute atomic E-state index is 0.0100. The van der Waals surface area contributed by atoms with Crippen molar-refractivity contribution in [3.8, 4) is 0 Å². The summed E-state index contributed by atoms with van der Waals surface area (Å²) in [6, 6.07) is 19.1. The van der Waals surface area contributed by atoms with E-state index in [4.69, 9.17) is 4.74 Å². The molecule has 10 heteroatoms. The number of halogens is 1. The minimum atomic E-state index is -0.859. The maximum absolute atomic E-state index is 13.0. The highest BCUT2D eigenvalue weighted by atomic mass is 79.9. The van der Waals surface area contributed by atoms with Crippen LogP contribution >= 0.6 is 15.9 Å². The molecule has 0 spiro atoms. The van der Waals surface area contributed by atoms with Crippen LogP contribution in [0, 0.1) is 0 Å². The summed E-state index contributed by atoms with van der Waals surface area (Å²) in [4.78, 5) is 63.5. The van der Waals surface area contributed by atoms with Crippen LogP contribution in [0.3, 0.4) is 0 Å². The number of ether oxygens (including phenoxy) is 1. The molecule has 1 aliphatic heterocycles. The maximum Gasteiger partial charge on any atom is 0.338 e. The van der Waals surface area contributed by atoms with Crippen molar-refractivity contribution in [2.45, 2.75) is 13.0 Å². The van der Waals surface area contributed by atoms with Crippen LogP contribution in [0.25, 0.3) is 0 Å². The second kappa shape index (κ2) is 10.5. The van der Waals surface area contributed by atoms with E-state index in [1.54, 1.807) is 31.2 Å². The lowest BCUT2D eigenvalue weighted by Gasteiger charge is -2.22. The average Bonchev–Trinajstić information content (AvgIpc) is 3.15. The second-order valence-electron chi connectivity index (χ2n) is 7.91. The molecule has 0 saturated heterocycles. The maximum atomic E-state index is 13.0. The monoisotopic (exact) mass is 549 g/mol. The molecule has 1 aliphatic rings. The smallest absolute Gasteiger partial charge is 0.338 e. The van der Waals surface area contributed by atoms with Crippen molar-refractivity contribution in [2.75, 3.05) is 6.61 Å². The van der Waals surface area contributed by atoms with E-state index in [2.05, 4.69) is 26.8 Å². The molecule has 4 rings (SSSR count). The third-order valence-electron chi connectivity index (χ3n) is 5.58. The molecule has 0 aliphatic carbocycles. The molecule has 2 N–H and O–H groups in total. The van der Waals surface area contributed by atoms with Gasteiger partial charge in [-0.25, -0.2) is 4.79 Å². The number of carbonyl (C=O) groups excluding carboxylic acids is 5. The number of benzene rings is 3. The molecule has 3 aromatic rings. The van der Waals surface area contributed by atoms with Crippen molar-refractivity contribution in [1.29, 1.82) is 0 Å². The Labute approximate surface area is 214 Å². The van der Waals surface area contributed by atoms with E-state index in [1.807, 2.05) is 30.3 Å². The lowest BCUT2D eigenvalue weighted by molar-refractivity contribution is -0.125. The summed E-state index contributed by atoms with van der Waals surface area (Å²) in [5.74, 6) is -3.13. The number of hydrazine groups is 1. The van der Waals surface area contributed by atoms with Gasteiger partial charge in [0.15, 0.2) is 6.61 Å². The lowest BCUT2D eigenvalue weighted by Crippen LogP contribution is -2.43. The van der Waals surface area contributed by atoms with Gasteiger partial charge in [-0.3, -0.25) is 34.9 Å². The standard InChI is InChI=1S/C26H20BrN3O6/c1-15(16-5-3-2-4-6-16)30-24(33)20-12-9-18(13-21(20)25(30)34)26(35)36-14-22(31)28-29-23(32)17-7-10-19(27)11-8-17/h2-13,15H,14H2,1H3,(H,28,31)(H,29,32)/t15-/m1/s1. The van der Waals surface area contributed by atoms with Crippen molar-refractivity contribution < 1.29 is 28.7 Å². The van der Waals surface area contributed by atoms with Crippen molar-refractivity contribution in [3.05, 3.63) is 105 Å². The van der Waals surface area contributed by atoms with E-state index < -0.39 is 42.2 Å². The first-order valence-electron chi connectivity index (χ1n) is 10.8. The summed E-state index contributed by atoms with van der Waals surface area (Å²) in [7, 11) is 0. The highest BCUT2D eigenvalue weighted by molar-refractivity contribution is 9.10. The zero-order chi connectivity index (χ0) is 25.8. The van der Waals surface area contributed by atoms with E-state index in [-0.39, 0.29) is 16.7 Å². The molecule has 36 heavy (non-hydrogen) atoms. The quantitative estimate of drug-likeness (QED) is 0.276. The van der Waals surface area contributed by atoms with E-state index in [0.717, 1.165) is 14.9 Å². The lowest BCUT2D eigenvalue weighted by atomic mass is 10.1. The van der Waals surface area contributed by atoms with Crippen LogP contribution in [-0.2, 0) is 9.53 Å². The Hall–Kier alpha value is -4.31. The van der Waals surface area contributed by atoms with Crippen molar-refractivity contribution in [3.63, 3.8) is 0 Å². The number of fused-ring (bicyclic) bond motifs is 1. The van der Waals surface area contributed by atoms with Gasteiger partial charge in [0.2, 0.25) is 0 Å². The highest BCUT2D eigenvalue weighted by Gasteiger charge is 2.39. The first-order chi connectivity index (χ1) is 17.3. The molecule has 0 aromatic heterocycles. The first-order valence-corrected chi connectivity index (χ1v) is 11.6. The molecule has 9 nitrogen and oxygen atoms in total. The third-order valence-corrected chi connectivity index (χ3v) is 6.11. The summed E-state index contributed by atoms with van der Waals surface area (Å²) < 4.78 is 5.79. The Kier molecular flexibility index (Phi) is 7.25. The van der Waals surface area contributed by atoms with Gasteiger partial charge >= 0.3 is 5.97 Å². The Morgan fingerprint density at radius 2 is 1.50 bits per heavy atom. The molecule has 0 unspecified atom stereocenters. The van der Waals surface area contributed by atoms with Crippen LogP contribution in [0.4, 0.5) is 0 Å². The van der Waals surface area contributed by atoms with Crippen LogP contribution in [0.15, 0.2) is 77.3 Å². The number of imide groups is 1. The molecule has 1 heterocycles. The van der Waals surface area contributed by atoms with Crippen molar-refractivity contribution in [2.24, 2.45) is 0 Å². The van der Waals surface area contributed by atoms with Gasteiger partial charge in [0, 0.05) is 10.0 Å². The van der Waals surface area contributed by atoms with Gasteiger partial charge < -0.3 is 4.74 Å². The highest BCUT2D eigenvalue weighted by Crippen LogP contribution is 2.31. The van der Waals surface area contributed by atoms with Crippen LogP contribution < -0.4 is 10.9 Å². The summed E-state index contributed by atoms with van der Waals surface area (Å²) >= 11 is 3.26. The number of nitrogens with one attached hydrogen (secondary N) is 2. The average molecular weight is 550 g/mol. The Morgan fingerprint density at radius 1 is 0.861 bits per heavy atom. The predicted molar refractivity (Wildman–Crippen MR) is 132 cm³/mol. The number of hydrogen-bond acceptors (Lipinski definition) is 6. The topological polar surface area (TPSA) is 122 Å². The molecular formula is C26H20BrN3O6. The number of amides is 4. The van der Waals surface area contributed by atoms with Crippen LogP contribution in [0.5, 0.6) is 0 Å². The van der Waals surface area contributed by atoms with Gasteiger partial charge in [-0.15, -0.1) is 0 Å². The zero-order valence-electron chi connectivity index (χ0n) is 19.0. The van der Waals surface area contributed by atoms with E-state index in [1.165, 1.54) is 18.2 Å². The summed E-state index contributed by atoms with van der Waals surface area (Å²) in [5.41, 5.74) is 5.78. The van der Waals surface area contributed by atoms with Gasteiger partial charge in [0.25, 0.3) is 23.6 Å². The van der Waals surface area contributed by atoms with E-state index in [0.29, 0.717) is 5.56 Å². The zero-order valence-corrected chi connectivity index (χ0v) is 20.6. The number of nitrogens with zero attached hydrogens (tertiary/aromatic N) is 1. The Bertz CT molecular complexity index is 1360. The largest absolute Gasteiger partial charge is 0.452 e. The fourth-order valence-corrected chi connectivity index (χ4v) is 3.93. The third kappa shape index (κ3) is 5.18. The molecule has 0 bridgehead atoms. The van der Waals surface area contributed by atoms with Gasteiger partial charge in [-0.1, -0.05) is 46.3 Å². The van der Waals surface area contributed by atoms with Gasteiger partial charge in [-0.05, 0) is 55.0 Å². The predicted octanol–water partition coefficient (Wildman–Crippen LogP) is 3.42. The fraction of sp³-hybridized carbons (Fsp3) is 0.115. The van der Waals surface area contributed by atoms with E-state index >= 15 is 0 Å². The Balaban J connectivity index is 1.35. The number of hydrogen-bond donors (Lipinski definition) is 2. The summed E-state index contributed by atoms with van der Waals surface area (Å²) in [6.07, 6.45) is 0. The number of carbonyl (C=O) groups is 5. The molecule has 0 fully saturated rings. The summed E-state index contributed by atoms with van der Waals surface area (Å²) in [5, 5.41) is 0. The second-order valence-corrected chi connectivity index (χ2v) is 8.83. The van der Waals surface area contributed by atoms with E-state index in [9.17, 15) is 24.0 Å². The molecule has 4 amide bonds. The van der Waals surface area contributed by atoms with Crippen LogP contribution in [-0.4, -0.2) is 41.1 Å². The van der Waals surface area contributed by atoms with Gasteiger partial charge in [0.1, 0.15) is 0 Å². The van der Waals surface area contributed by atoms with Crippen molar-refractivity contribution in [1.82, 2.24) is 15.8 Å². The number of esters is 1. The van der Waals surface area contributed by atoms with Crippen LogP contribution in [0.1, 0.15) is 60.0 Å². The first kappa shape index (κ1) is 24.8. The van der Waals surface area contributed by atoms with Gasteiger partial charge in [-0.2, -0.15) is 0 Å². The Morgan fingerprint density at radius 3 is 2.19 bits per heavy atom. The van der Waals surface area contributed by atoms with Gasteiger partial charge in [0.05, 0.1) is 22.7 Å². The SMILES string of the molecule is C[C@H](c1ccccc1)N1C(=O)c2ccc(C(=O)OCC(=O)NNC(=O)c3ccc(Br)cc3)cc2C1=O. The molecule has 0 radical (unpaired) electrons. The fourth-order valence-electron chi connectivity index (χ4n) is 3.67.